The van der Waals surface area contributed by atoms with Crippen molar-refractivity contribution in [3.63, 3.8) is 0 Å². The fourth-order valence-electron chi connectivity index (χ4n) is 2.38. The van der Waals surface area contributed by atoms with Crippen molar-refractivity contribution in [3.8, 4) is 0 Å². The minimum atomic E-state index is -0.0214. The van der Waals surface area contributed by atoms with Crippen molar-refractivity contribution < 1.29 is 4.79 Å². The molecule has 7 heteroatoms. The van der Waals surface area contributed by atoms with Gasteiger partial charge in [-0.05, 0) is 44.2 Å². The van der Waals surface area contributed by atoms with Crippen LogP contribution < -0.4 is 5.32 Å². The molecule has 0 unspecified atom stereocenters. The van der Waals surface area contributed by atoms with Crippen LogP contribution in [0.4, 0.5) is 5.69 Å². The Morgan fingerprint density at radius 1 is 1.39 bits per heavy atom. The molecular formula is C16H20N4OS2. The highest BCUT2D eigenvalue weighted by atomic mass is 32.2. The highest BCUT2D eigenvalue weighted by Gasteiger charge is 2.30. The predicted molar refractivity (Wildman–Crippen MR) is 95.2 cm³/mol. The second-order valence-corrected chi connectivity index (χ2v) is 7.25. The van der Waals surface area contributed by atoms with Crippen molar-refractivity contribution in [2.45, 2.75) is 42.3 Å². The lowest BCUT2D eigenvalue weighted by Gasteiger charge is -2.08. The third kappa shape index (κ3) is 4.09. The number of amides is 1. The first-order valence-corrected chi connectivity index (χ1v) is 9.92. The molecule has 2 aromatic rings. The highest BCUT2D eigenvalue weighted by molar-refractivity contribution is 7.99. The van der Waals surface area contributed by atoms with Gasteiger partial charge >= 0.3 is 0 Å². The predicted octanol–water partition coefficient (Wildman–Crippen LogP) is 3.63. The Kier molecular flexibility index (Phi) is 5.27. The lowest BCUT2D eigenvalue weighted by atomic mass is 10.3. The van der Waals surface area contributed by atoms with Crippen molar-refractivity contribution in [3.05, 3.63) is 30.1 Å². The Balaban J connectivity index is 1.58. The molecule has 0 radical (unpaired) electrons. The van der Waals surface area contributed by atoms with Gasteiger partial charge in [0.2, 0.25) is 5.91 Å². The summed E-state index contributed by atoms with van der Waals surface area (Å²) in [7, 11) is 0. The first kappa shape index (κ1) is 16.4. The van der Waals surface area contributed by atoms with Gasteiger partial charge in [-0.15, -0.1) is 22.0 Å². The lowest BCUT2D eigenvalue weighted by Crippen LogP contribution is -2.14. The average Bonchev–Trinajstić information content (AvgIpc) is 3.33. The molecule has 0 aliphatic heterocycles. The molecule has 23 heavy (non-hydrogen) atoms. The first-order valence-electron chi connectivity index (χ1n) is 7.71. The van der Waals surface area contributed by atoms with Crippen LogP contribution in [0.2, 0.25) is 0 Å². The second kappa shape index (κ2) is 7.40. The molecular weight excluding hydrogens is 328 g/mol. The molecule has 5 nitrogen and oxygen atoms in total. The Hall–Kier alpha value is -1.47. The summed E-state index contributed by atoms with van der Waals surface area (Å²) in [6, 6.07) is 7.86. The number of benzene rings is 1. The summed E-state index contributed by atoms with van der Waals surface area (Å²) in [5.74, 6) is 1.96. The number of rotatable bonds is 7. The molecule has 0 bridgehead atoms. The smallest absolute Gasteiger partial charge is 0.234 e. The standard InChI is InChI=1S/C16H20N4OS2/c1-3-20-15(11-7-8-11)18-19-16(20)23-10-14(21)17-12-5-4-6-13(9-12)22-2/h4-6,9,11H,3,7-8,10H2,1-2H3,(H,17,21). The Bertz CT molecular complexity index is 697. The molecule has 1 N–H and O–H groups in total. The summed E-state index contributed by atoms with van der Waals surface area (Å²) < 4.78 is 2.13. The zero-order valence-corrected chi connectivity index (χ0v) is 14.9. The molecule has 1 saturated carbocycles. The zero-order valence-electron chi connectivity index (χ0n) is 13.3. The summed E-state index contributed by atoms with van der Waals surface area (Å²) in [5.41, 5.74) is 0.832. The number of hydrogen-bond donors (Lipinski definition) is 1. The van der Waals surface area contributed by atoms with E-state index in [1.54, 1.807) is 11.8 Å². The van der Waals surface area contributed by atoms with E-state index in [-0.39, 0.29) is 5.91 Å². The van der Waals surface area contributed by atoms with Gasteiger partial charge in [-0.2, -0.15) is 0 Å². The maximum atomic E-state index is 12.1. The van der Waals surface area contributed by atoms with Crippen molar-refractivity contribution in [1.29, 1.82) is 0 Å². The van der Waals surface area contributed by atoms with E-state index in [0.717, 1.165) is 28.1 Å². The van der Waals surface area contributed by atoms with Gasteiger partial charge in [0.1, 0.15) is 5.82 Å². The summed E-state index contributed by atoms with van der Waals surface area (Å²) in [6.07, 6.45) is 4.43. The van der Waals surface area contributed by atoms with E-state index in [0.29, 0.717) is 11.7 Å². The molecule has 0 spiro atoms. The number of carbonyl (C=O) groups excluding carboxylic acids is 1. The largest absolute Gasteiger partial charge is 0.325 e. The topological polar surface area (TPSA) is 59.8 Å². The zero-order chi connectivity index (χ0) is 16.2. The Morgan fingerprint density at radius 2 is 2.22 bits per heavy atom. The Labute approximate surface area is 144 Å². The van der Waals surface area contributed by atoms with Gasteiger partial charge in [0, 0.05) is 23.0 Å². The van der Waals surface area contributed by atoms with Crippen LogP contribution >= 0.6 is 23.5 Å². The molecule has 3 rings (SSSR count). The van der Waals surface area contributed by atoms with Crippen LogP contribution in [-0.4, -0.2) is 32.7 Å². The number of hydrogen-bond acceptors (Lipinski definition) is 5. The molecule has 0 atom stereocenters. The minimum Gasteiger partial charge on any atom is -0.325 e. The maximum absolute atomic E-state index is 12.1. The molecule has 1 aliphatic rings. The van der Waals surface area contributed by atoms with Gasteiger partial charge in [0.05, 0.1) is 5.75 Å². The molecule has 1 aliphatic carbocycles. The van der Waals surface area contributed by atoms with Crippen molar-refractivity contribution in [2.24, 2.45) is 0 Å². The van der Waals surface area contributed by atoms with Gasteiger partial charge in [-0.1, -0.05) is 17.8 Å². The monoisotopic (exact) mass is 348 g/mol. The number of anilines is 1. The van der Waals surface area contributed by atoms with Crippen LogP contribution in [-0.2, 0) is 11.3 Å². The number of nitrogens with one attached hydrogen (secondary N) is 1. The number of nitrogens with zero attached hydrogens (tertiary/aromatic N) is 3. The van der Waals surface area contributed by atoms with E-state index >= 15 is 0 Å². The lowest BCUT2D eigenvalue weighted by molar-refractivity contribution is -0.113. The van der Waals surface area contributed by atoms with Gasteiger partial charge < -0.3 is 9.88 Å². The molecule has 1 fully saturated rings. The summed E-state index contributed by atoms with van der Waals surface area (Å²) in [6.45, 7) is 2.94. The molecule has 1 aromatic carbocycles. The van der Waals surface area contributed by atoms with E-state index in [4.69, 9.17) is 0 Å². The normalized spacial score (nSPS) is 14.0. The summed E-state index contributed by atoms with van der Waals surface area (Å²) >= 11 is 3.11. The van der Waals surface area contributed by atoms with Crippen molar-refractivity contribution in [1.82, 2.24) is 14.8 Å². The van der Waals surface area contributed by atoms with E-state index in [1.807, 2.05) is 30.5 Å². The van der Waals surface area contributed by atoms with Gasteiger partial charge in [-0.25, -0.2) is 0 Å². The van der Waals surface area contributed by atoms with Gasteiger partial charge in [-0.3, -0.25) is 4.79 Å². The molecule has 1 amide bonds. The Morgan fingerprint density at radius 3 is 2.91 bits per heavy atom. The second-order valence-electron chi connectivity index (χ2n) is 5.43. The number of carbonyl (C=O) groups is 1. The highest BCUT2D eigenvalue weighted by Crippen LogP contribution is 2.39. The minimum absolute atomic E-state index is 0.0214. The van der Waals surface area contributed by atoms with Crippen LogP contribution in [0.3, 0.4) is 0 Å². The van der Waals surface area contributed by atoms with Crippen LogP contribution in [0.1, 0.15) is 31.5 Å². The maximum Gasteiger partial charge on any atom is 0.234 e. The molecule has 1 aromatic heterocycles. The third-order valence-corrected chi connectivity index (χ3v) is 5.38. The van der Waals surface area contributed by atoms with Gasteiger partial charge in [0.15, 0.2) is 5.16 Å². The summed E-state index contributed by atoms with van der Waals surface area (Å²) in [5, 5.41) is 12.3. The molecule has 1 heterocycles. The van der Waals surface area contributed by atoms with E-state index in [9.17, 15) is 4.79 Å². The quantitative estimate of drug-likeness (QED) is 0.774. The fourth-order valence-corrected chi connectivity index (χ4v) is 3.64. The van der Waals surface area contributed by atoms with E-state index in [2.05, 4.69) is 27.0 Å². The summed E-state index contributed by atoms with van der Waals surface area (Å²) in [4.78, 5) is 13.3. The van der Waals surface area contributed by atoms with Crippen molar-refractivity contribution >= 4 is 35.1 Å². The average molecular weight is 348 g/mol. The third-order valence-electron chi connectivity index (χ3n) is 3.69. The first-order chi connectivity index (χ1) is 11.2. The number of thioether (sulfide) groups is 2. The van der Waals surface area contributed by atoms with E-state index < -0.39 is 0 Å². The van der Waals surface area contributed by atoms with Gasteiger partial charge in [0.25, 0.3) is 0 Å². The number of aromatic nitrogens is 3. The van der Waals surface area contributed by atoms with Crippen LogP contribution in [0.15, 0.2) is 34.3 Å². The van der Waals surface area contributed by atoms with Crippen molar-refractivity contribution in [2.75, 3.05) is 17.3 Å². The van der Waals surface area contributed by atoms with Crippen LogP contribution in [0, 0.1) is 0 Å². The van der Waals surface area contributed by atoms with Crippen LogP contribution in [0.25, 0.3) is 0 Å². The van der Waals surface area contributed by atoms with E-state index in [1.165, 1.54) is 24.6 Å². The fraction of sp³-hybridized carbons (Fsp3) is 0.438. The molecule has 122 valence electrons. The molecule has 0 saturated heterocycles. The SMILES string of the molecule is CCn1c(SCC(=O)Nc2cccc(SC)c2)nnc1C1CC1. The van der Waals surface area contributed by atoms with Crippen LogP contribution in [0.5, 0.6) is 0 Å².